The average Bonchev–Trinajstić information content (AvgIpc) is 2.37. The van der Waals surface area contributed by atoms with E-state index in [1.54, 1.807) is 6.92 Å². The molecule has 20 heavy (non-hydrogen) atoms. The lowest BCUT2D eigenvalue weighted by molar-refractivity contribution is -0.143. The molecule has 0 aromatic rings. The van der Waals surface area contributed by atoms with E-state index < -0.39 is 24.0 Å². The molecule has 0 saturated heterocycles. The monoisotopic (exact) mass is 286 g/mol. The van der Waals surface area contributed by atoms with Crippen LogP contribution in [-0.2, 0) is 14.3 Å². The van der Waals surface area contributed by atoms with Gasteiger partial charge in [0.15, 0.2) is 0 Å². The molecule has 0 spiro atoms. The van der Waals surface area contributed by atoms with Crippen molar-refractivity contribution < 1.29 is 24.2 Å². The second-order valence-electron chi connectivity index (χ2n) is 4.09. The minimum Gasteiger partial charge on any atom is -0.480 e. The highest BCUT2D eigenvalue weighted by Gasteiger charge is 2.23. The van der Waals surface area contributed by atoms with Crippen LogP contribution in [0.15, 0.2) is 12.7 Å². The van der Waals surface area contributed by atoms with Gasteiger partial charge in [-0.1, -0.05) is 13.0 Å². The lowest BCUT2D eigenvalue weighted by Gasteiger charge is -2.23. The van der Waals surface area contributed by atoms with Crippen molar-refractivity contribution in [1.29, 1.82) is 0 Å². The number of ether oxygens (including phenoxy) is 1. The Morgan fingerprint density at radius 2 is 2.05 bits per heavy atom. The fourth-order valence-electron chi connectivity index (χ4n) is 1.51. The van der Waals surface area contributed by atoms with Gasteiger partial charge in [0.05, 0.1) is 6.61 Å². The molecule has 114 valence electrons. The van der Waals surface area contributed by atoms with Crippen LogP contribution in [0.4, 0.5) is 4.79 Å². The summed E-state index contributed by atoms with van der Waals surface area (Å²) in [5, 5.41) is 11.3. The van der Waals surface area contributed by atoms with Crippen LogP contribution in [0.25, 0.3) is 0 Å². The zero-order chi connectivity index (χ0) is 15.5. The first kappa shape index (κ1) is 17.9. The molecule has 1 unspecified atom stereocenters. The van der Waals surface area contributed by atoms with Crippen LogP contribution in [0.5, 0.6) is 0 Å². The summed E-state index contributed by atoms with van der Waals surface area (Å²) in [4.78, 5) is 35.6. The Balaban J connectivity index is 4.65. The fourth-order valence-corrected chi connectivity index (χ4v) is 1.51. The number of carboxylic acid groups (broad SMARTS) is 1. The summed E-state index contributed by atoms with van der Waals surface area (Å²) in [7, 11) is 0. The average molecular weight is 286 g/mol. The molecule has 0 radical (unpaired) electrons. The number of esters is 1. The molecule has 0 bridgehead atoms. The number of nitrogens with one attached hydrogen (secondary N) is 1. The van der Waals surface area contributed by atoms with E-state index in [0.29, 0.717) is 13.0 Å². The first-order valence-corrected chi connectivity index (χ1v) is 6.50. The van der Waals surface area contributed by atoms with Crippen LogP contribution in [0.2, 0.25) is 0 Å². The Morgan fingerprint density at radius 1 is 1.40 bits per heavy atom. The SMILES string of the molecule is C=CCC(NC(=O)N(CCC)CC(=O)OCC)C(=O)O. The molecule has 7 nitrogen and oxygen atoms in total. The molecule has 0 aromatic heterocycles. The van der Waals surface area contributed by atoms with E-state index in [2.05, 4.69) is 11.9 Å². The Morgan fingerprint density at radius 3 is 2.50 bits per heavy atom. The molecule has 0 fully saturated rings. The zero-order valence-corrected chi connectivity index (χ0v) is 11.9. The van der Waals surface area contributed by atoms with Crippen LogP contribution in [0, 0.1) is 0 Å². The third kappa shape index (κ3) is 6.77. The van der Waals surface area contributed by atoms with Crippen LogP contribution >= 0.6 is 0 Å². The van der Waals surface area contributed by atoms with Gasteiger partial charge in [-0.25, -0.2) is 9.59 Å². The number of urea groups is 1. The third-order valence-electron chi connectivity index (χ3n) is 2.40. The van der Waals surface area contributed by atoms with Crippen LogP contribution in [0.1, 0.15) is 26.7 Å². The summed E-state index contributed by atoms with van der Waals surface area (Å²) in [5.41, 5.74) is 0. The lowest BCUT2D eigenvalue weighted by atomic mass is 10.2. The lowest BCUT2D eigenvalue weighted by Crippen LogP contribution is -2.49. The standard InChI is InChI=1S/C13H22N2O5/c1-4-7-10(12(17)18)14-13(19)15(8-5-2)9-11(16)20-6-3/h4,10H,1,5-9H2,2-3H3,(H,14,19)(H,17,18). The second-order valence-corrected chi connectivity index (χ2v) is 4.09. The maximum atomic E-state index is 12.0. The molecule has 1 atom stereocenters. The minimum atomic E-state index is -1.15. The number of hydrogen-bond donors (Lipinski definition) is 2. The van der Waals surface area contributed by atoms with Crippen molar-refractivity contribution in [3.05, 3.63) is 12.7 Å². The predicted octanol–water partition coefficient (Wildman–Crippen LogP) is 1.00. The quantitative estimate of drug-likeness (QED) is 0.487. The maximum absolute atomic E-state index is 12.0. The number of carboxylic acids is 1. The van der Waals surface area contributed by atoms with E-state index in [9.17, 15) is 14.4 Å². The number of hydrogen-bond acceptors (Lipinski definition) is 4. The summed E-state index contributed by atoms with van der Waals surface area (Å²) in [6, 6.07) is -1.66. The van der Waals surface area contributed by atoms with Gasteiger partial charge in [0.25, 0.3) is 0 Å². The molecule has 7 heteroatoms. The minimum absolute atomic E-state index is 0.112. The molecule has 0 aromatic carbocycles. The van der Waals surface area contributed by atoms with Crippen molar-refractivity contribution in [2.75, 3.05) is 19.7 Å². The van der Waals surface area contributed by atoms with Crippen LogP contribution in [-0.4, -0.2) is 53.7 Å². The molecule has 0 heterocycles. The van der Waals surface area contributed by atoms with E-state index in [0.717, 1.165) is 0 Å². The molecule has 2 amide bonds. The smallest absolute Gasteiger partial charge is 0.326 e. The number of carbonyl (C=O) groups excluding carboxylic acids is 2. The van der Waals surface area contributed by atoms with Crippen molar-refractivity contribution in [3.63, 3.8) is 0 Å². The van der Waals surface area contributed by atoms with Gasteiger partial charge >= 0.3 is 18.0 Å². The highest BCUT2D eigenvalue weighted by atomic mass is 16.5. The van der Waals surface area contributed by atoms with E-state index in [1.165, 1.54) is 11.0 Å². The highest BCUT2D eigenvalue weighted by Crippen LogP contribution is 1.99. The van der Waals surface area contributed by atoms with Gasteiger partial charge in [-0.15, -0.1) is 6.58 Å². The second kappa shape index (κ2) is 9.82. The Hall–Kier alpha value is -2.05. The summed E-state index contributed by atoms with van der Waals surface area (Å²) >= 11 is 0. The molecule has 0 rings (SSSR count). The Kier molecular flexibility index (Phi) is 8.82. The van der Waals surface area contributed by atoms with E-state index in [1.807, 2.05) is 6.92 Å². The fraction of sp³-hybridized carbons (Fsp3) is 0.615. The molecule has 0 aliphatic heterocycles. The van der Waals surface area contributed by atoms with Gasteiger partial charge in [-0.2, -0.15) is 0 Å². The van der Waals surface area contributed by atoms with Gasteiger partial charge in [0, 0.05) is 6.54 Å². The summed E-state index contributed by atoms with van der Waals surface area (Å²) < 4.78 is 4.78. The topological polar surface area (TPSA) is 95.9 Å². The molecule has 0 aliphatic rings. The number of rotatable bonds is 9. The number of aliphatic carboxylic acids is 1. The van der Waals surface area contributed by atoms with Crippen LogP contribution < -0.4 is 5.32 Å². The summed E-state index contributed by atoms with van der Waals surface area (Å²) in [6.07, 6.45) is 2.17. The molecule has 0 aliphatic carbocycles. The normalized spacial score (nSPS) is 11.3. The van der Waals surface area contributed by atoms with E-state index >= 15 is 0 Å². The van der Waals surface area contributed by atoms with Crippen molar-refractivity contribution in [2.45, 2.75) is 32.7 Å². The van der Waals surface area contributed by atoms with Gasteiger partial charge in [0.2, 0.25) is 0 Å². The highest BCUT2D eigenvalue weighted by molar-refractivity contribution is 5.85. The third-order valence-corrected chi connectivity index (χ3v) is 2.40. The molecular weight excluding hydrogens is 264 g/mol. The van der Waals surface area contributed by atoms with E-state index in [-0.39, 0.29) is 19.6 Å². The number of nitrogens with zero attached hydrogens (tertiary/aromatic N) is 1. The maximum Gasteiger partial charge on any atom is 0.326 e. The first-order valence-electron chi connectivity index (χ1n) is 6.50. The van der Waals surface area contributed by atoms with Gasteiger partial charge in [0.1, 0.15) is 12.6 Å². The Labute approximate surface area is 118 Å². The summed E-state index contributed by atoms with van der Waals surface area (Å²) in [5.74, 6) is -1.67. The predicted molar refractivity (Wildman–Crippen MR) is 73.3 cm³/mol. The first-order chi connectivity index (χ1) is 9.46. The number of amides is 2. The van der Waals surface area contributed by atoms with E-state index in [4.69, 9.17) is 9.84 Å². The summed E-state index contributed by atoms with van der Waals surface area (Å²) in [6.45, 7) is 7.33. The van der Waals surface area contributed by atoms with Gasteiger partial charge in [-0.3, -0.25) is 4.79 Å². The van der Waals surface area contributed by atoms with Gasteiger partial charge < -0.3 is 20.1 Å². The van der Waals surface area contributed by atoms with Crippen molar-refractivity contribution >= 4 is 18.0 Å². The van der Waals surface area contributed by atoms with Crippen molar-refractivity contribution in [1.82, 2.24) is 10.2 Å². The van der Waals surface area contributed by atoms with Gasteiger partial charge in [-0.05, 0) is 19.8 Å². The molecule has 0 saturated carbocycles. The zero-order valence-electron chi connectivity index (χ0n) is 11.9. The van der Waals surface area contributed by atoms with Crippen molar-refractivity contribution in [2.24, 2.45) is 0 Å². The molecular formula is C13H22N2O5. The Bertz CT molecular complexity index is 357. The molecule has 2 N–H and O–H groups in total. The van der Waals surface area contributed by atoms with Crippen molar-refractivity contribution in [3.8, 4) is 0 Å². The largest absolute Gasteiger partial charge is 0.480 e. The number of carbonyl (C=O) groups is 3. The van der Waals surface area contributed by atoms with Crippen LogP contribution in [0.3, 0.4) is 0 Å².